The number of hydrogen-bond donors (Lipinski definition) is 4. The second-order valence-corrected chi connectivity index (χ2v) is 40.8. The van der Waals surface area contributed by atoms with Crippen molar-refractivity contribution in [1.82, 2.24) is 26.3 Å². The number of aromatic nitrogens is 1. The van der Waals surface area contributed by atoms with E-state index in [1.165, 1.54) is 37.1 Å². The molecule has 2 aromatic carbocycles. The number of amides is 4. The molecule has 26 heteroatoms. The van der Waals surface area contributed by atoms with Crippen molar-refractivity contribution in [3.05, 3.63) is 112 Å². The molecular formula is C67H97N5O16S3Si2. The molecule has 3 aromatic rings. The van der Waals surface area contributed by atoms with Gasteiger partial charge in [0.15, 0.2) is 10.2 Å². The summed E-state index contributed by atoms with van der Waals surface area (Å²) in [5, 5.41) is 12.3. The van der Waals surface area contributed by atoms with Crippen LogP contribution in [0.2, 0.25) is 51.4 Å². The van der Waals surface area contributed by atoms with Gasteiger partial charge in [0.2, 0.25) is 0 Å². The van der Waals surface area contributed by atoms with Crippen LogP contribution in [0.1, 0.15) is 127 Å². The summed E-state index contributed by atoms with van der Waals surface area (Å²) < 4.78 is 33.1. The highest BCUT2D eigenvalue weighted by molar-refractivity contribution is 8.13. The summed E-state index contributed by atoms with van der Waals surface area (Å²) in [6.07, 6.45) is 5.65. The first kappa shape index (κ1) is 80.4. The van der Waals surface area contributed by atoms with Crippen molar-refractivity contribution in [1.29, 1.82) is 0 Å². The van der Waals surface area contributed by atoms with Crippen LogP contribution in [-0.2, 0) is 68.5 Å². The van der Waals surface area contributed by atoms with Crippen LogP contribution in [0.25, 0.3) is 11.1 Å². The van der Waals surface area contributed by atoms with Crippen molar-refractivity contribution >= 4 is 109 Å². The third-order valence-corrected chi connectivity index (χ3v) is 19.4. The van der Waals surface area contributed by atoms with Gasteiger partial charge in [0.1, 0.15) is 52.9 Å². The number of hydrogen-bond acceptors (Lipinski definition) is 20. The van der Waals surface area contributed by atoms with Crippen LogP contribution in [0.5, 0.6) is 0 Å². The zero-order chi connectivity index (χ0) is 69.6. The van der Waals surface area contributed by atoms with E-state index in [2.05, 4.69) is 77.7 Å². The molecule has 1 aliphatic rings. The molecule has 0 bridgehead atoms. The molecule has 4 N–H and O–H groups in total. The number of alkyl carbamates (subject to hydrolysis) is 2. The van der Waals surface area contributed by atoms with E-state index in [1.54, 1.807) is 79.7 Å². The van der Waals surface area contributed by atoms with Gasteiger partial charge in [-0.3, -0.25) is 28.8 Å². The summed E-state index contributed by atoms with van der Waals surface area (Å²) in [6, 6.07) is 15.7. The molecule has 93 heavy (non-hydrogen) atoms. The highest BCUT2D eigenvalue weighted by Gasteiger charge is 2.34. The van der Waals surface area contributed by atoms with Crippen molar-refractivity contribution in [3.8, 4) is 11.1 Å². The lowest BCUT2D eigenvalue weighted by Gasteiger charge is -2.24. The van der Waals surface area contributed by atoms with E-state index in [-0.39, 0.29) is 66.1 Å². The van der Waals surface area contributed by atoms with Gasteiger partial charge in [0, 0.05) is 52.8 Å². The summed E-state index contributed by atoms with van der Waals surface area (Å²) >= 11 is 3.51. The SMILES string of the molecule is C/C=C(\NC(=O)c1csc(CNC(=O)OC(C)(C)C)n1)C(=O)N[C@H](C(=O)O[C@H](/C=C/CCSC(C)=O)CC(=O)OCC[Si](C)(C)C)C(C)C.CC(=O)SCC/C=C/[C@H](CC(=O)OCC[Si](C)(C)C)OC(=O)[C@@H](NC(=O)OCC1c2ccccc2-c2ccccc21)C(C)C. The smallest absolute Gasteiger partial charge is 0.408 e. The summed E-state index contributed by atoms with van der Waals surface area (Å²) in [5.74, 6) is -3.53. The highest BCUT2D eigenvalue weighted by atomic mass is 32.2. The number of thiazole rings is 1. The number of carbonyl (C=O) groups is 10. The maximum absolute atomic E-state index is 13.4. The van der Waals surface area contributed by atoms with E-state index in [4.69, 9.17) is 28.4 Å². The second-order valence-electron chi connectivity index (χ2n) is 26.1. The summed E-state index contributed by atoms with van der Waals surface area (Å²) in [7, 11) is -2.81. The van der Waals surface area contributed by atoms with E-state index >= 15 is 0 Å². The van der Waals surface area contributed by atoms with Crippen molar-refractivity contribution < 1.29 is 76.4 Å². The van der Waals surface area contributed by atoms with Crippen LogP contribution in [-0.4, -0.2) is 140 Å². The number of esters is 4. The minimum atomic E-state index is -1.43. The molecule has 0 fully saturated rings. The Hall–Kier alpha value is -6.88. The third-order valence-electron chi connectivity index (χ3n) is 13.5. The highest BCUT2D eigenvalue weighted by Crippen LogP contribution is 2.44. The zero-order valence-corrected chi connectivity index (χ0v) is 61.3. The Bertz CT molecular complexity index is 3060. The number of nitrogens with one attached hydrogen (secondary N) is 4. The number of allylic oxidation sites excluding steroid dienone is 3. The molecule has 0 aliphatic heterocycles. The quantitative estimate of drug-likeness (QED) is 0.0110. The Morgan fingerprint density at radius 3 is 1.55 bits per heavy atom. The number of carbonyl (C=O) groups excluding carboxylic acids is 10. The predicted molar refractivity (Wildman–Crippen MR) is 371 cm³/mol. The van der Waals surface area contributed by atoms with Gasteiger partial charge in [0.25, 0.3) is 11.8 Å². The predicted octanol–water partition coefficient (Wildman–Crippen LogP) is 12.3. The summed E-state index contributed by atoms with van der Waals surface area (Å²) in [6.45, 7) is 30.7. The lowest BCUT2D eigenvalue weighted by molar-refractivity contribution is -0.157. The Morgan fingerprint density at radius 1 is 0.656 bits per heavy atom. The van der Waals surface area contributed by atoms with Gasteiger partial charge in [0.05, 0.1) is 32.6 Å². The lowest BCUT2D eigenvalue weighted by atomic mass is 9.98. The Labute approximate surface area is 563 Å². The summed E-state index contributed by atoms with van der Waals surface area (Å²) in [4.78, 5) is 130. The minimum absolute atomic E-state index is 0.0153. The number of ether oxygens (including phenoxy) is 6. The molecule has 1 heterocycles. The fourth-order valence-electron chi connectivity index (χ4n) is 8.56. The van der Waals surface area contributed by atoms with Gasteiger partial charge in [-0.2, -0.15) is 0 Å². The topological polar surface area (TPSA) is 287 Å². The molecular weight excluding hydrogens is 1280 g/mol. The molecule has 21 nitrogen and oxygen atoms in total. The first-order valence-corrected chi connectivity index (χ1v) is 41.5. The molecule has 0 radical (unpaired) electrons. The van der Waals surface area contributed by atoms with Crippen molar-refractivity contribution in [2.75, 3.05) is 31.3 Å². The average molecular weight is 1380 g/mol. The van der Waals surface area contributed by atoms with Crippen LogP contribution in [0.3, 0.4) is 0 Å². The first-order valence-electron chi connectivity index (χ1n) is 31.2. The molecule has 512 valence electrons. The number of benzene rings is 2. The van der Waals surface area contributed by atoms with Crippen molar-refractivity contribution in [2.45, 2.75) is 189 Å². The van der Waals surface area contributed by atoms with E-state index in [9.17, 15) is 47.9 Å². The van der Waals surface area contributed by atoms with Crippen LogP contribution in [0, 0.1) is 11.8 Å². The Morgan fingerprint density at radius 2 is 1.12 bits per heavy atom. The lowest BCUT2D eigenvalue weighted by Crippen LogP contribution is -2.48. The van der Waals surface area contributed by atoms with Gasteiger partial charge in [-0.15, -0.1) is 11.3 Å². The maximum Gasteiger partial charge on any atom is 0.408 e. The van der Waals surface area contributed by atoms with Gasteiger partial charge < -0.3 is 49.7 Å². The van der Waals surface area contributed by atoms with Gasteiger partial charge >= 0.3 is 36.1 Å². The molecule has 0 spiro atoms. The standard InChI is InChI=1S/C34H45NO7SSi.C33H52N4O9S2Si/c1-23(2)32(35-34(39)41-22-30-28-16-9-7-14-26(28)27-15-8-10-17-29(27)30)33(38)42-25(13-11-12-19-43-24(3)36)21-31(37)40-18-20-44(4,5)6;1-11-24(36-30(41)25-20-48-26(35-25)19-34-32(43)46-33(5,6)7)29(40)37-28(21(2)3)31(42)45-23(14-12-13-16-47-22(4)38)18-27(39)44-15-17-49(8,9)10/h7-11,13-17,23,25,30,32H,12,18-22H2,1-6H3,(H,35,39);11-12,14,20-21,23,28H,13,15-19H2,1-10H3,(H,34,43)(H,36,41)(H,37,40)/b13-11+;14-12+,24-11-/t25-,32+;23-,28+/m11/s1. The minimum Gasteiger partial charge on any atom is -0.466 e. The van der Waals surface area contributed by atoms with Crippen LogP contribution in [0.15, 0.2) is 90.0 Å². The Kier molecular flexibility index (Phi) is 34.3. The van der Waals surface area contributed by atoms with E-state index in [1.807, 2.05) is 36.4 Å². The molecule has 4 amide bonds. The van der Waals surface area contributed by atoms with Crippen LogP contribution >= 0.6 is 34.9 Å². The Balaban J connectivity index is 0.000000487. The molecule has 0 saturated heterocycles. The van der Waals surface area contributed by atoms with Crippen LogP contribution in [0.4, 0.5) is 9.59 Å². The monoisotopic (exact) mass is 1380 g/mol. The van der Waals surface area contributed by atoms with Crippen LogP contribution < -0.4 is 21.3 Å². The number of rotatable bonds is 33. The largest absolute Gasteiger partial charge is 0.466 e. The molecule has 1 aliphatic carbocycles. The second kappa shape index (κ2) is 39.7. The van der Waals surface area contributed by atoms with E-state index in [0.29, 0.717) is 36.0 Å². The third kappa shape index (κ3) is 32.2. The number of nitrogens with zero attached hydrogens (tertiary/aromatic N) is 1. The van der Waals surface area contributed by atoms with Gasteiger partial charge in [-0.1, -0.05) is 157 Å². The molecule has 0 unspecified atom stereocenters. The fraction of sp³-hybridized carbons (Fsp3) is 0.537. The summed E-state index contributed by atoms with van der Waals surface area (Å²) in [5.41, 5.74) is 3.69. The van der Waals surface area contributed by atoms with Crippen molar-refractivity contribution in [3.63, 3.8) is 0 Å². The maximum atomic E-state index is 13.4. The van der Waals surface area contributed by atoms with Crippen molar-refractivity contribution in [2.24, 2.45) is 11.8 Å². The van der Waals surface area contributed by atoms with Gasteiger partial charge in [-0.05, 0) is 98.9 Å². The average Bonchev–Trinajstić information content (AvgIpc) is 1.64. The molecule has 4 rings (SSSR count). The van der Waals surface area contributed by atoms with Gasteiger partial charge in [-0.25, -0.2) is 24.2 Å². The molecule has 4 atom stereocenters. The first-order chi connectivity index (χ1) is 43.6. The fourth-order valence-corrected chi connectivity index (χ4v) is 11.8. The zero-order valence-electron chi connectivity index (χ0n) is 56.8. The van der Waals surface area contributed by atoms with E-state index < -0.39 is 99.8 Å². The number of thioether (sulfide) groups is 2. The molecule has 0 saturated carbocycles. The number of fused-ring (bicyclic) bond motifs is 3. The molecule has 1 aromatic heterocycles. The normalized spacial score (nSPS) is 13.7. The van der Waals surface area contributed by atoms with E-state index in [0.717, 1.165) is 57.4 Å².